The molecule has 0 bridgehead atoms. The molecule has 0 fully saturated rings. The van der Waals surface area contributed by atoms with Gasteiger partial charge in [0.25, 0.3) is 0 Å². The first-order valence-electron chi connectivity index (χ1n) is 8.71. The minimum Gasteiger partial charge on any atom is -0.489 e. The normalized spacial score (nSPS) is 11.2. The van der Waals surface area contributed by atoms with E-state index in [1.165, 1.54) is 6.33 Å². The lowest BCUT2D eigenvalue weighted by Gasteiger charge is -2.12. The summed E-state index contributed by atoms with van der Waals surface area (Å²) in [4.78, 5) is 8.23. The first-order valence-corrected chi connectivity index (χ1v) is 8.71. The Bertz CT molecular complexity index is 933. The fraction of sp³-hybridized carbons (Fsp3) is 0.182. The molecule has 5 nitrogen and oxygen atoms in total. The summed E-state index contributed by atoms with van der Waals surface area (Å²) in [6, 6.07) is 17.6. The van der Waals surface area contributed by atoms with Gasteiger partial charge in [-0.2, -0.15) is 0 Å². The Morgan fingerprint density at radius 2 is 1.96 bits per heavy atom. The van der Waals surface area contributed by atoms with E-state index in [9.17, 15) is 5.11 Å². The zero-order valence-electron chi connectivity index (χ0n) is 15.1. The van der Waals surface area contributed by atoms with Gasteiger partial charge in [-0.15, -0.1) is 0 Å². The van der Waals surface area contributed by atoms with Crippen LogP contribution in [-0.4, -0.2) is 27.7 Å². The Morgan fingerprint density at radius 1 is 1.11 bits per heavy atom. The van der Waals surface area contributed by atoms with E-state index in [0.29, 0.717) is 18.0 Å². The maximum atomic E-state index is 9.20. The van der Waals surface area contributed by atoms with Gasteiger partial charge >= 0.3 is 0 Å². The molecule has 3 rings (SSSR count). The van der Waals surface area contributed by atoms with Crippen LogP contribution < -0.4 is 10.1 Å². The number of nitrogens with one attached hydrogen (secondary N) is 1. The molecule has 0 spiro atoms. The lowest BCUT2D eigenvalue weighted by Crippen LogP contribution is -2.20. The maximum Gasteiger partial charge on any atom is 0.145 e. The number of anilines is 1. The van der Waals surface area contributed by atoms with Crippen molar-refractivity contribution >= 4 is 5.82 Å². The molecule has 3 aromatic rings. The lowest BCUT2D eigenvalue weighted by atomic mass is 10.2. The molecule has 1 atom stereocenters. The maximum absolute atomic E-state index is 9.20. The van der Waals surface area contributed by atoms with Crippen molar-refractivity contribution in [2.24, 2.45) is 0 Å². The van der Waals surface area contributed by atoms with E-state index in [1.807, 2.05) is 61.5 Å². The van der Waals surface area contributed by atoms with E-state index in [-0.39, 0.29) is 12.6 Å². The summed E-state index contributed by atoms with van der Waals surface area (Å²) >= 11 is 0. The molecule has 0 aliphatic rings. The van der Waals surface area contributed by atoms with Crippen LogP contribution in [0, 0.1) is 11.8 Å². The number of benzene rings is 2. The standard InChI is InChI=1S/C22H21N3O2/c1-17(14-26)25-22-20(13-23-16-24-22)11-10-18-8-5-9-21(12-18)27-15-19-6-3-2-4-7-19/h2-9,12-13,16-17,26H,14-15H2,1H3,(H,23,24,25)/t17-/m1/s1. The predicted molar refractivity (Wildman–Crippen MR) is 105 cm³/mol. The second kappa shape index (κ2) is 9.37. The Hall–Kier alpha value is -3.36. The van der Waals surface area contributed by atoms with Gasteiger partial charge in [0.05, 0.1) is 12.2 Å². The van der Waals surface area contributed by atoms with E-state index in [2.05, 4.69) is 27.1 Å². The number of hydrogen-bond donors (Lipinski definition) is 2. The van der Waals surface area contributed by atoms with Crippen molar-refractivity contribution in [1.29, 1.82) is 0 Å². The van der Waals surface area contributed by atoms with Crippen molar-refractivity contribution < 1.29 is 9.84 Å². The van der Waals surface area contributed by atoms with Crippen LogP contribution in [0.2, 0.25) is 0 Å². The highest BCUT2D eigenvalue weighted by atomic mass is 16.5. The zero-order valence-corrected chi connectivity index (χ0v) is 15.1. The minimum absolute atomic E-state index is 0.0116. The van der Waals surface area contributed by atoms with Gasteiger partial charge in [0.15, 0.2) is 0 Å². The third kappa shape index (κ3) is 5.56. The fourth-order valence-electron chi connectivity index (χ4n) is 2.36. The SMILES string of the molecule is C[C@H](CO)Nc1ncncc1C#Cc1cccc(OCc2ccccc2)c1. The number of ether oxygens (including phenoxy) is 1. The van der Waals surface area contributed by atoms with E-state index in [4.69, 9.17) is 4.74 Å². The van der Waals surface area contributed by atoms with E-state index in [0.717, 1.165) is 16.9 Å². The van der Waals surface area contributed by atoms with E-state index < -0.39 is 0 Å². The smallest absolute Gasteiger partial charge is 0.145 e. The molecule has 0 saturated carbocycles. The van der Waals surface area contributed by atoms with Crippen LogP contribution in [0.4, 0.5) is 5.82 Å². The molecule has 2 aromatic carbocycles. The number of aliphatic hydroxyl groups excluding tert-OH is 1. The monoisotopic (exact) mass is 359 g/mol. The van der Waals surface area contributed by atoms with Gasteiger partial charge < -0.3 is 15.2 Å². The minimum atomic E-state index is -0.116. The molecular weight excluding hydrogens is 338 g/mol. The summed E-state index contributed by atoms with van der Waals surface area (Å²) in [5, 5.41) is 12.3. The van der Waals surface area contributed by atoms with Gasteiger partial charge in [0, 0.05) is 17.8 Å². The summed E-state index contributed by atoms with van der Waals surface area (Å²) in [6.45, 7) is 2.39. The number of nitrogens with zero attached hydrogens (tertiary/aromatic N) is 2. The molecule has 0 saturated heterocycles. The summed E-state index contributed by atoms with van der Waals surface area (Å²) in [7, 11) is 0. The Labute approximate surface area is 159 Å². The van der Waals surface area contributed by atoms with Crippen LogP contribution in [0.5, 0.6) is 5.75 Å². The molecule has 27 heavy (non-hydrogen) atoms. The molecule has 0 unspecified atom stereocenters. The average molecular weight is 359 g/mol. The van der Waals surface area contributed by atoms with Gasteiger partial charge in [-0.1, -0.05) is 48.2 Å². The summed E-state index contributed by atoms with van der Waals surface area (Å²) in [5.41, 5.74) is 2.63. The van der Waals surface area contributed by atoms with Gasteiger partial charge in [-0.25, -0.2) is 9.97 Å². The van der Waals surface area contributed by atoms with Crippen LogP contribution >= 0.6 is 0 Å². The molecule has 2 N–H and O–H groups in total. The lowest BCUT2D eigenvalue weighted by molar-refractivity contribution is 0.281. The van der Waals surface area contributed by atoms with Crippen molar-refractivity contribution in [1.82, 2.24) is 9.97 Å². The van der Waals surface area contributed by atoms with Crippen LogP contribution in [0.1, 0.15) is 23.6 Å². The molecule has 5 heteroatoms. The third-order valence-electron chi connectivity index (χ3n) is 3.79. The molecule has 0 aliphatic carbocycles. The van der Waals surface area contributed by atoms with E-state index in [1.54, 1.807) is 6.20 Å². The highest BCUT2D eigenvalue weighted by molar-refractivity contribution is 5.55. The summed E-state index contributed by atoms with van der Waals surface area (Å²) in [6.07, 6.45) is 3.11. The zero-order chi connectivity index (χ0) is 18.9. The van der Waals surface area contributed by atoms with Crippen LogP contribution in [0.15, 0.2) is 67.1 Å². The molecule has 1 heterocycles. The Balaban J connectivity index is 1.72. The highest BCUT2D eigenvalue weighted by Crippen LogP contribution is 2.15. The fourth-order valence-corrected chi connectivity index (χ4v) is 2.36. The number of hydrogen-bond acceptors (Lipinski definition) is 5. The van der Waals surface area contributed by atoms with Crippen molar-refractivity contribution in [3.63, 3.8) is 0 Å². The molecule has 136 valence electrons. The number of aromatic nitrogens is 2. The van der Waals surface area contributed by atoms with E-state index >= 15 is 0 Å². The molecule has 0 aliphatic heterocycles. The largest absolute Gasteiger partial charge is 0.489 e. The van der Waals surface area contributed by atoms with Gasteiger partial charge in [0.1, 0.15) is 24.5 Å². The highest BCUT2D eigenvalue weighted by Gasteiger charge is 2.05. The van der Waals surface area contributed by atoms with Crippen LogP contribution in [0.3, 0.4) is 0 Å². The first-order chi connectivity index (χ1) is 13.2. The molecule has 1 aromatic heterocycles. The summed E-state index contributed by atoms with van der Waals surface area (Å²) in [5.74, 6) is 7.58. The third-order valence-corrected chi connectivity index (χ3v) is 3.79. The number of rotatable bonds is 6. The Kier molecular flexibility index (Phi) is 6.40. The topological polar surface area (TPSA) is 67.3 Å². The van der Waals surface area contributed by atoms with Gasteiger partial charge in [-0.3, -0.25) is 0 Å². The molecule has 0 radical (unpaired) electrons. The second-order valence-corrected chi connectivity index (χ2v) is 6.07. The predicted octanol–water partition coefficient (Wildman–Crippen LogP) is 3.25. The Morgan fingerprint density at radius 3 is 2.78 bits per heavy atom. The van der Waals surface area contributed by atoms with Gasteiger partial charge in [0.2, 0.25) is 0 Å². The summed E-state index contributed by atoms with van der Waals surface area (Å²) < 4.78 is 5.84. The molecule has 0 amide bonds. The number of aliphatic hydroxyl groups is 1. The quantitative estimate of drug-likeness (QED) is 0.662. The van der Waals surface area contributed by atoms with Crippen molar-refractivity contribution in [3.8, 4) is 17.6 Å². The molecular formula is C22H21N3O2. The average Bonchev–Trinajstić information content (AvgIpc) is 2.72. The van der Waals surface area contributed by atoms with Crippen molar-refractivity contribution in [3.05, 3.63) is 83.8 Å². The van der Waals surface area contributed by atoms with Crippen LogP contribution in [-0.2, 0) is 6.61 Å². The van der Waals surface area contributed by atoms with Crippen molar-refractivity contribution in [2.45, 2.75) is 19.6 Å². The van der Waals surface area contributed by atoms with Crippen molar-refractivity contribution in [2.75, 3.05) is 11.9 Å². The second-order valence-electron chi connectivity index (χ2n) is 6.07. The van der Waals surface area contributed by atoms with Crippen LogP contribution in [0.25, 0.3) is 0 Å². The van der Waals surface area contributed by atoms with Gasteiger partial charge in [-0.05, 0) is 30.7 Å². The first kappa shape index (κ1) is 18.4.